The van der Waals surface area contributed by atoms with Crippen LogP contribution in [-0.4, -0.2) is 17.5 Å². The van der Waals surface area contributed by atoms with E-state index in [0.717, 1.165) is 6.42 Å². The molecule has 26 heavy (non-hydrogen) atoms. The number of hydrogen-bond acceptors (Lipinski definition) is 6. The van der Waals surface area contributed by atoms with Gasteiger partial charge in [0.1, 0.15) is 11.4 Å². The van der Waals surface area contributed by atoms with Crippen LogP contribution in [0, 0.1) is 11.3 Å². The molecule has 0 aliphatic heterocycles. The molecule has 1 amide bonds. The molecule has 0 aliphatic carbocycles. The van der Waals surface area contributed by atoms with Crippen LogP contribution in [0.25, 0.3) is 11.5 Å². The molecule has 3 aromatic rings. The number of nitrogens with zero attached hydrogens (tertiary/aromatic N) is 2. The van der Waals surface area contributed by atoms with Gasteiger partial charge >= 0.3 is 0 Å². The Kier molecular flexibility index (Phi) is 6.01. The second kappa shape index (κ2) is 8.83. The molecular weight excluding hydrogens is 350 g/mol. The Labute approximate surface area is 155 Å². The Bertz CT molecular complexity index is 897. The van der Waals surface area contributed by atoms with Crippen molar-refractivity contribution >= 4 is 22.4 Å². The highest BCUT2D eigenvalue weighted by atomic mass is 32.1. The van der Waals surface area contributed by atoms with Gasteiger partial charge in [-0.3, -0.25) is 4.79 Å². The van der Waals surface area contributed by atoms with Crippen molar-refractivity contribution in [3.8, 4) is 23.3 Å². The van der Waals surface area contributed by atoms with Gasteiger partial charge in [-0.05, 0) is 43.2 Å². The van der Waals surface area contributed by atoms with Gasteiger partial charge in [0, 0.05) is 11.8 Å². The van der Waals surface area contributed by atoms with E-state index in [1.54, 1.807) is 30.5 Å². The summed E-state index contributed by atoms with van der Waals surface area (Å²) in [5, 5.41) is 14.1. The summed E-state index contributed by atoms with van der Waals surface area (Å²) in [6.45, 7) is 0.502. The molecule has 1 N–H and O–H groups in total. The van der Waals surface area contributed by atoms with E-state index >= 15 is 0 Å². The fourth-order valence-corrected chi connectivity index (χ4v) is 3.00. The van der Waals surface area contributed by atoms with Crippen molar-refractivity contribution < 1.29 is 13.9 Å². The lowest BCUT2D eigenvalue weighted by molar-refractivity contribution is -0.116. The average Bonchev–Trinajstić information content (AvgIpc) is 3.33. The standard InChI is InChI=1S/C19H17N3O3S/c20-12-14-5-3-6-15(11-14)24-9-2-1-8-18(23)22-19-21-16(13-26-19)17-7-4-10-25-17/h3-7,10-11,13H,1-2,8-9H2,(H,21,22,23). The molecule has 0 atom stereocenters. The maximum atomic E-state index is 12.0. The van der Waals surface area contributed by atoms with Crippen molar-refractivity contribution in [3.05, 3.63) is 53.6 Å². The summed E-state index contributed by atoms with van der Waals surface area (Å²) in [6, 6.07) is 12.7. The van der Waals surface area contributed by atoms with Crippen LogP contribution in [0.2, 0.25) is 0 Å². The van der Waals surface area contributed by atoms with Gasteiger partial charge in [0.15, 0.2) is 10.9 Å². The predicted octanol–water partition coefficient (Wildman–Crippen LogP) is 4.46. The van der Waals surface area contributed by atoms with E-state index in [0.29, 0.717) is 47.3 Å². The molecular formula is C19H17N3O3S. The second-order valence-electron chi connectivity index (χ2n) is 5.51. The van der Waals surface area contributed by atoms with Gasteiger partial charge in [-0.1, -0.05) is 6.07 Å². The van der Waals surface area contributed by atoms with Gasteiger partial charge in [-0.15, -0.1) is 11.3 Å². The Morgan fingerprint density at radius 2 is 2.23 bits per heavy atom. The van der Waals surface area contributed by atoms with E-state index in [2.05, 4.69) is 16.4 Å². The van der Waals surface area contributed by atoms with E-state index in [1.165, 1.54) is 11.3 Å². The summed E-state index contributed by atoms with van der Waals surface area (Å²) < 4.78 is 10.9. The number of amides is 1. The van der Waals surface area contributed by atoms with Crippen LogP contribution in [0.4, 0.5) is 5.13 Å². The fourth-order valence-electron chi connectivity index (χ4n) is 2.28. The Balaban J connectivity index is 1.36. The first kappa shape index (κ1) is 17.7. The number of carbonyl (C=O) groups is 1. The maximum Gasteiger partial charge on any atom is 0.226 e. The minimum Gasteiger partial charge on any atom is -0.494 e. The molecule has 0 unspecified atom stereocenters. The lowest BCUT2D eigenvalue weighted by Gasteiger charge is -2.06. The van der Waals surface area contributed by atoms with E-state index in [-0.39, 0.29) is 5.91 Å². The van der Waals surface area contributed by atoms with Crippen LogP contribution in [0.15, 0.2) is 52.5 Å². The van der Waals surface area contributed by atoms with Crippen LogP contribution in [0.1, 0.15) is 24.8 Å². The number of unbranched alkanes of at least 4 members (excludes halogenated alkanes) is 1. The third-order valence-electron chi connectivity index (χ3n) is 3.55. The topological polar surface area (TPSA) is 88.1 Å². The van der Waals surface area contributed by atoms with Gasteiger partial charge in [0.2, 0.25) is 5.91 Å². The smallest absolute Gasteiger partial charge is 0.226 e. The highest BCUT2D eigenvalue weighted by molar-refractivity contribution is 7.14. The van der Waals surface area contributed by atoms with Crippen molar-refractivity contribution in [1.29, 1.82) is 5.26 Å². The summed E-state index contributed by atoms with van der Waals surface area (Å²) in [5.74, 6) is 1.28. The van der Waals surface area contributed by atoms with Crippen molar-refractivity contribution in [3.63, 3.8) is 0 Å². The molecule has 0 fully saturated rings. The average molecular weight is 367 g/mol. The van der Waals surface area contributed by atoms with Crippen LogP contribution in [-0.2, 0) is 4.79 Å². The molecule has 3 rings (SSSR count). The Hall–Kier alpha value is -3.11. The molecule has 6 nitrogen and oxygen atoms in total. The molecule has 0 aliphatic rings. The van der Waals surface area contributed by atoms with Gasteiger partial charge < -0.3 is 14.5 Å². The number of nitriles is 1. The molecule has 0 saturated carbocycles. The zero-order valence-corrected chi connectivity index (χ0v) is 14.8. The fraction of sp³-hybridized carbons (Fsp3) is 0.211. The molecule has 132 valence electrons. The quantitative estimate of drug-likeness (QED) is 0.594. The summed E-state index contributed by atoms with van der Waals surface area (Å²) in [4.78, 5) is 16.3. The van der Waals surface area contributed by atoms with Crippen LogP contribution in [0.5, 0.6) is 5.75 Å². The summed E-state index contributed by atoms with van der Waals surface area (Å²) >= 11 is 1.37. The lowest BCUT2D eigenvalue weighted by Crippen LogP contribution is -2.11. The molecule has 0 saturated heterocycles. The molecule has 0 spiro atoms. The maximum absolute atomic E-state index is 12.0. The van der Waals surface area contributed by atoms with Crippen LogP contribution < -0.4 is 10.1 Å². The molecule has 2 heterocycles. The minimum atomic E-state index is -0.0724. The van der Waals surface area contributed by atoms with Crippen molar-refractivity contribution in [1.82, 2.24) is 4.98 Å². The number of hydrogen-bond donors (Lipinski definition) is 1. The number of anilines is 1. The number of benzene rings is 1. The first-order valence-electron chi connectivity index (χ1n) is 8.17. The minimum absolute atomic E-state index is 0.0724. The van der Waals surface area contributed by atoms with Crippen molar-refractivity contribution in [2.24, 2.45) is 0 Å². The Morgan fingerprint density at radius 1 is 1.31 bits per heavy atom. The monoisotopic (exact) mass is 367 g/mol. The molecule has 7 heteroatoms. The molecule has 0 radical (unpaired) electrons. The number of furan rings is 1. The second-order valence-corrected chi connectivity index (χ2v) is 6.37. The van der Waals surface area contributed by atoms with Crippen molar-refractivity contribution in [2.75, 3.05) is 11.9 Å². The first-order valence-corrected chi connectivity index (χ1v) is 9.05. The summed E-state index contributed by atoms with van der Waals surface area (Å²) in [7, 11) is 0. The Morgan fingerprint density at radius 3 is 3.04 bits per heavy atom. The summed E-state index contributed by atoms with van der Waals surface area (Å²) in [6.07, 6.45) is 3.45. The van der Waals surface area contributed by atoms with E-state index < -0.39 is 0 Å². The van der Waals surface area contributed by atoms with Crippen LogP contribution >= 0.6 is 11.3 Å². The molecule has 1 aromatic carbocycles. The SMILES string of the molecule is N#Cc1cccc(OCCCCC(=O)Nc2nc(-c3ccco3)cs2)c1. The predicted molar refractivity (Wildman–Crippen MR) is 98.9 cm³/mol. The normalized spacial score (nSPS) is 10.3. The van der Waals surface area contributed by atoms with Gasteiger partial charge in [-0.2, -0.15) is 5.26 Å². The van der Waals surface area contributed by atoms with Gasteiger partial charge in [0.05, 0.1) is 24.5 Å². The largest absolute Gasteiger partial charge is 0.494 e. The van der Waals surface area contributed by atoms with Gasteiger partial charge in [0.25, 0.3) is 0 Å². The highest BCUT2D eigenvalue weighted by Crippen LogP contribution is 2.25. The number of ether oxygens (including phenoxy) is 1. The number of rotatable bonds is 8. The molecule has 0 bridgehead atoms. The van der Waals surface area contributed by atoms with E-state index in [1.807, 2.05) is 17.5 Å². The number of carbonyl (C=O) groups excluding carboxylic acids is 1. The third-order valence-corrected chi connectivity index (χ3v) is 4.31. The van der Waals surface area contributed by atoms with Gasteiger partial charge in [-0.25, -0.2) is 4.98 Å². The van der Waals surface area contributed by atoms with Crippen molar-refractivity contribution in [2.45, 2.75) is 19.3 Å². The first-order chi connectivity index (χ1) is 12.7. The molecule has 2 aromatic heterocycles. The zero-order valence-electron chi connectivity index (χ0n) is 14.0. The highest BCUT2D eigenvalue weighted by Gasteiger charge is 2.09. The number of nitrogens with one attached hydrogen (secondary N) is 1. The third kappa shape index (κ3) is 4.94. The van der Waals surface area contributed by atoms with Crippen LogP contribution in [0.3, 0.4) is 0 Å². The van der Waals surface area contributed by atoms with E-state index in [4.69, 9.17) is 14.4 Å². The number of thiazole rings is 1. The number of aromatic nitrogens is 1. The zero-order chi connectivity index (χ0) is 18.2. The lowest BCUT2D eigenvalue weighted by atomic mass is 10.2. The van der Waals surface area contributed by atoms with E-state index in [9.17, 15) is 4.79 Å². The summed E-state index contributed by atoms with van der Waals surface area (Å²) in [5.41, 5.74) is 1.28.